The lowest BCUT2D eigenvalue weighted by molar-refractivity contribution is 0.0684. The van der Waals surface area contributed by atoms with E-state index in [-0.39, 0.29) is 25.9 Å². The summed E-state index contributed by atoms with van der Waals surface area (Å²) in [7, 11) is -11.1. The molecule has 2 N–H and O–H groups in total. The molecule has 254 valence electrons. The Kier molecular flexibility index (Phi) is 16.8. The van der Waals surface area contributed by atoms with Crippen molar-refractivity contribution in [3.05, 3.63) is 83.6 Å². The lowest BCUT2D eigenvalue weighted by Crippen LogP contribution is -2.20. The number of benzene rings is 2. The lowest BCUT2D eigenvalue weighted by atomic mass is 10.2. The Bertz CT molecular complexity index is 1900. The van der Waals surface area contributed by atoms with Crippen LogP contribution in [0.2, 0.25) is 0 Å². The van der Waals surface area contributed by atoms with Gasteiger partial charge in [-0.1, -0.05) is 18.2 Å². The van der Waals surface area contributed by atoms with Gasteiger partial charge in [0.25, 0.3) is 0 Å². The molecule has 23 heteroatoms. The molecule has 46 heavy (non-hydrogen) atoms. The van der Waals surface area contributed by atoms with E-state index >= 15 is 0 Å². The summed E-state index contributed by atoms with van der Waals surface area (Å²) in [4.78, 5) is 25.0. The normalized spacial score (nSPS) is 12.6. The number of hydrogen-bond donors (Lipinski definition) is 2. The number of aromatic nitrogens is 1. The summed E-state index contributed by atoms with van der Waals surface area (Å²) in [5, 5.41) is 17.6. The first-order valence-corrected chi connectivity index (χ1v) is 22.7. The summed E-state index contributed by atoms with van der Waals surface area (Å²) < 4.78 is 67.0. The number of aromatic carboxylic acids is 2. The van der Waals surface area contributed by atoms with Crippen LogP contribution in [-0.2, 0) is 29.5 Å². The first-order valence-electron chi connectivity index (χ1n) is 11.1. The highest BCUT2D eigenvalue weighted by Crippen LogP contribution is 2.45. The summed E-state index contributed by atoms with van der Waals surface area (Å²) in [5.41, 5.74) is 0.365. The van der Waals surface area contributed by atoms with E-state index in [2.05, 4.69) is 148 Å². The van der Waals surface area contributed by atoms with Crippen molar-refractivity contribution in [1.82, 2.24) is 4.98 Å². The molecule has 0 aliphatic carbocycles. The molecule has 0 unspecified atom stereocenters. The van der Waals surface area contributed by atoms with Gasteiger partial charge >= 0.3 is 11.9 Å². The van der Waals surface area contributed by atoms with E-state index in [1.165, 1.54) is 54.7 Å². The predicted octanol–water partition coefficient (Wildman–Crippen LogP) is 8.87. The third kappa shape index (κ3) is 11.6. The van der Waals surface area contributed by atoms with Gasteiger partial charge < -0.3 is 10.2 Å². The van der Waals surface area contributed by atoms with Crippen molar-refractivity contribution >= 4 is 185 Å². The first-order chi connectivity index (χ1) is 20.6. The van der Waals surface area contributed by atoms with Gasteiger partial charge in [-0.3, -0.25) is 0 Å². The number of pyridine rings is 1. The summed E-state index contributed by atoms with van der Waals surface area (Å²) in [6, 6.07) is 13.7. The molecular weight excluding hydrogens is 1270 g/mol. The van der Waals surface area contributed by atoms with E-state index < -0.39 is 45.9 Å². The molecule has 1 heterocycles. The van der Waals surface area contributed by atoms with Gasteiger partial charge in [-0.15, -0.1) is 0 Å². The second-order valence-corrected chi connectivity index (χ2v) is 39.3. The molecule has 11 nitrogen and oxygen atoms in total. The monoisotopic (exact) mass is 1270 g/mol. The van der Waals surface area contributed by atoms with Crippen molar-refractivity contribution in [2.45, 2.75) is 26.2 Å². The van der Waals surface area contributed by atoms with Crippen LogP contribution in [-0.4, -0.2) is 56.8 Å². The summed E-state index contributed by atoms with van der Waals surface area (Å²) in [6.07, 6.45) is 1.44. The number of halogens is 9. The zero-order valence-corrected chi connectivity index (χ0v) is 38.8. The minimum Gasteiger partial charge on any atom is -0.478 e. The van der Waals surface area contributed by atoms with Crippen molar-refractivity contribution in [1.29, 1.82) is 0 Å². The summed E-state index contributed by atoms with van der Waals surface area (Å²) >= 11 is 26.3. The standard InChI is InChI=1S/2C8H5Br3O4S.C7H6Br3NO2S/c9-8(10,11)16(14,15)6-3-1-5(2-4-6)7(12)13;9-8(10,11)16(14,15)6-4-2-1-3-5(6)7(12)13;1-5-3-2-4-11-6(5)14(12,13)7(8,9)10/h2*1-4H,(H,12,13);2-4H,1H3. The number of carbonyl (C=O) groups is 2. The van der Waals surface area contributed by atoms with Gasteiger partial charge in [0.15, 0.2) is 5.03 Å². The molecule has 0 radical (unpaired) electrons. The van der Waals surface area contributed by atoms with Gasteiger partial charge in [0, 0.05) is 6.20 Å². The maximum Gasteiger partial charge on any atom is 0.337 e. The predicted molar refractivity (Wildman–Crippen MR) is 206 cm³/mol. The van der Waals surface area contributed by atoms with E-state index in [1.54, 1.807) is 19.1 Å². The Balaban J connectivity index is 0.000000346. The van der Waals surface area contributed by atoms with Crippen molar-refractivity contribution in [2.75, 3.05) is 0 Å². The molecule has 0 amide bonds. The smallest absolute Gasteiger partial charge is 0.337 e. The van der Waals surface area contributed by atoms with Crippen molar-refractivity contribution in [3.63, 3.8) is 0 Å². The topological polar surface area (TPSA) is 190 Å². The van der Waals surface area contributed by atoms with Crippen molar-refractivity contribution in [2.24, 2.45) is 0 Å². The average molecular weight is 1280 g/mol. The number of nitrogens with zero attached hydrogens (tertiary/aromatic N) is 1. The van der Waals surface area contributed by atoms with Crippen molar-refractivity contribution in [3.8, 4) is 0 Å². The molecule has 0 atom stereocenters. The molecule has 3 rings (SSSR count). The van der Waals surface area contributed by atoms with Crippen LogP contribution in [0.3, 0.4) is 0 Å². The second kappa shape index (κ2) is 17.3. The fourth-order valence-corrected chi connectivity index (χ4v) is 10.0. The van der Waals surface area contributed by atoms with Gasteiger partial charge in [0.05, 0.1) is 20.9 Å². The molecule has 0 saturated heterocycles. The molecule has 0 spiro atoms. The van der Waals surface area contributed by atoms with Gasteiger partial charge in [-0.25, -0.2) is 39.8 Å². The maximum absolute atomic E-state index is 12.0. The van der Waals surface area contributed by atoms with E-state index in [0.717, 1.165) is 0 Å². The SMILES string of the molecule is Cc1cccnc1S(=O)(=O)C(Br)(Br)Br.O=C(O)c1ccc(S(=O)(=O)C(Br)(Br)Br)cc1.O=C(O)c1ccccc1S(=O)(=O)C(Br)(Br)Br. The van der Waals surface area contributed by atoms with Crippen LogP contribution in [0, 0.1) is 6.92 Å². The molecular formula is C23H16Br9NO10S3. The molecule has 0 bridgehead atoms. The molecule has 2 aromatic carbocycles. The third-order valence-corrected chi connectivity index (χ3v) is 21.0. The molecule has 1 aromatic heterocycles. The van der Waals surface area contributed by atoms with Crippen LogP contribution in [0.25, 0.3) is 0 Å². The summed E-state index contributed by atoms with van der Waals surface area (Å²) in [6.45, 7) is 1.69. The lowest BCUT2D eigenvalue weighted by Gasteiger charge is -2.15. The van der Waals surface area contributed by atoms with E-state index in [4.69, 9.17) is 10.2 Å². The van der Waals surface area contributed by atoms with Crippen LogP contribution < -0.4 is 0 Å². The Labute approximate surface area is 340 Å². The van der Waals surface area contributed by atoms with Crippen molar-refractivity contribution < 1.29 is 45.1 Å². The van der Waals surface area contributed by atoms with Gasteiger partial charge in [0.1, 0.15) is 0 Å². The number of hydrogen-bond acceptors (Lipinski definition) is 9. The van der Waals surface area contributed by atoms with Crippen LogP contribution >= 0.6 is 143 Å². The fraction of sp³-hybridized carbons (Fsp3) is 0.174. The Morgan fingerprint density at radius 2 is 1.07 bits per heavy atom. The molecule has 0 aliphatic heterocycles. The number of alkyl halides is 9. The highest BCUT2D eigenvalue weighted by atomic mass is 80.0. The number of sulfone groups is 3. The van der Waals surface area contributed by atoms with Gasteiger partial charge in [0.2, 0.25) is 33.9 Å². The van der Waals surface area contributed by atoms with Crippen LogP contribution in [0.5, 0.6) is 0 Å². The number of aryl methyl sites for hydroxylation is 1. The molecule has 0 saturated carbocycles. The van der Waals surface area contributed by atoms with Crippen LogP contribution in [0.15, 0.2) is 81.7 Å². The number of rotatable bonds is 5. The van der Waals surface area contributed by atoms with E-state index in [9.17, 15) is 34.8 Å². The third-order valence-electron chi connectivity index (χ3n) is 4.95. The minimum absolute atomic E-state index is 0.00289. The molecule has 0 aliphatic rings. The zero-order valence-electron chi connectivity index (χ0n) is 22.1. The Morgan fingerprint density at radius 1 is 0.609 bits per heavy atom. The van der Waals surface area contributed by atoms with E-state index in [1.807, 2.05) is 0 Å². The molecule has 3 aromatic rings. The fourth-order valence-electron chi connectivity index (χ4n) is 2.77. The number of carboxylic acid groups (broad SMARTS) is 2. The first kappa shape index (κ1) is 44.7. The zero-order chi connectivity index (χ0) is 36.1. The quantitative estimate of drug-likeness (QED) is 0.232. The Hall–Kier alpha value is 0.700. The van der Waals surface area contributed by atoms with Gasteiger partial charge in [-0.2, -0.15) is 0 Å². The summed E-state index contributed by atoms with van der Waals surface area (Å²) in [5.74, 6) is -2.40. The van der Waals surface area contributed by atoms with Gasteiger partial charge in [-0.05, 0) is 198 Å². The Morgan fingerprint density at radius 3 is 1.46 bits per heavy atom. The highest BCUT2D eigenvalue weighted by molar-refractivity contribution is 9.43. The second-order valence-electron chi connectivity index (χ2n) is 8.10. The van der Waals surface area contributed by atoms with E-state index in [0.29, 0.717) is 5.56 Å². The number of carboxylic acids is 2. The average Bonchev–Trinajstić information content (AvgIpc) is 2.92. The maximum atomic E-state index is 12.0. The van der Waals surface area contributed by atoms with Crippen LogP contribution in [0.1, 0.15) is 26.3 Å². The highest BCUT2D eigenvalue weighted by Gasteiger charge is 2.40. The van der Waals surface area contributed by atoms with Crippen LogP contribution in [0.4, 0.5) is 0 Å². The minimum atomic E-state index is -3.88. The molecule has 0 fully saturated rings. The largest absolute Gasteiger partial charge is 0.478 e.